The minimum Gasteiger partial charge on any atom is -0.465 e. The van der Waals surface area contributed by atoms with Gasteiger partial charge in [0.1, 0.15) is 15.9 Å². The number of aromatic nitrogens is 3. The van der Waals surface area contributed by atoms with E-state index in [1.807, 2.05) is 4.40 Å². The maximum absolute atomic E-state index is 11.1. The van der Waals surface area contributed by atoms with Crippen LogP contribution in [-0.4, -0.2) is 43.6 Å². The number of carboxylic acid groups (broad SMARTS) is 1. The van der Waals surface area contributed by atoms with Crippen LogP contribution in [0.5, 0.6) is 0 Å². The minimum absolute atomic E-state index is 0.0668. The summed E-state index contributed by atoms with van der Waals surface area (Å²) in [6.45, 7) is 1.04. The minimum atomic E-state index is -0.880. The summed E-state index contributed by atoms with van der Waals surface area (Å²) in [5.41, 5.74) is 0.719. The molecule has 6 nitrogen and oxygen atoms in total. The second-order valence-corrected chi connectivity index (χ2v) is 5.87. The van der Waals surface area contributed by atoms with Crippen LogP contribution in [0, 0.1) is 0 Å². The van der Waals surface area contributed by atoms with Crippen LogP contribution in [0.1, 0.15) is 24.6 Å². The normalized spacial score (nSPS) is 19.5. The maximum atomic E-state index is 11.1. The average molecular weight is 360 g/mol. The topological polar surface area (TPSA) is 70.7 Å². The summed E-state index contributed by atoms with van der Waals surface area (Å²) >= 11 is 9.48. The van der Waals surface area contributed by atoms with E-state index in [0.717, 1.165) is 24.2 Å². The third-order valence-corrected chi connectivity index (χ3v) is 4.38. The van der Waals surface area contributed by atoms with E-state index in [4.69, 9.17) is 16.7 Å². The van der Waals surface area contributed by atoms with E-state index in [1.165, 1.54) is 4.90 Å². The standard InChI is InChI=1S/C12H12BrClN4O2/c13-9-8-10(14)15-3-5-18(8)11(16-9)7-2-1-4-17(6-7)12(19)20/h3,5,7H,1-2,4,6H2,(H,19,20). The molecule has 0 saturated carbocycles. The van der Waals surface area contributed by atoms with Gasteiger partial charge in [0.05, 0.1) is 0 Å². The first-order chi connectivity index (χ1) is 9.58. The molecule has 0 bridgehead atoms. The molecule has 1 unspecified atom stereocenters. The SMILES string of the molecule is O=C(O)N1CCCC(c2nc(Br)c3c(Cl)nccn23)C1. The third kappa shape index (κ3) is 2.25. The van der Waals surface area contributed by atoms with Crippen molar-refractivity contribution in [3.05, 3.63) is 28.0 Å². The maximum Gasteiger partial charge on any atom is 0.407 e. The molecular formula is C12H12BrClN4O2. The molecule has 0 spiro atoms. The highest BCUT2D eigenvalue weighted by Crippen LogP contribution is 2.31. The van der Waals surface area contributed by atoms with Gasteiger partial charge in [0.2, 0.25) is 0 Å². The smallest absolute Gasteiger partial charge is 0.407 e. The van der Waals surface area contributed by atoms with E-state index in [9.17, 15) is 4.79 Å². The largest absolute Gasteiger partial charge is 0.465 e. The van der Waals surface area contributed by atoms with E-state index in [0.29, 0.717) is 22.8 Å². The van der Waals surface area contributed by atoms with Crippen LogP contribution in [0.2, 0.25) is 5.15 Å². The van der Waals surface area contributed by atoms with Crippen molar-refractivity contribution in [2.24, 2.45) is 0 Å². The molecular weight excluding hydrogens is 348 g/mol. The van der Waals surface area contributed by atoms with Gasteiger partial charge in [-0.2, -0.15) is 0 Å². The molecule has 106 valence electrons. The number of fused-ring (bicyclic) bond motifs is 1. The lowest BCUT2D eigenvalue weighted by atomic mass is 9.97. The fraction of sp³-hybridized carbons (Fsp3) is 0.417. The number of nitrogens with zero attached hydrogens (tertiary/aromatic N) is 4. The van der Waals surface area contributed by atoms with Crippen molar-refractivity contribution >= 4 is 39.1 Å². The number of rotatable bonds is 1. The Labute approximate surface area is 128 Å². The van der Waals surface area contributed by atoms with Crippen molar-refractivity contribution < 1.29 is 9.90 Å². The zero-order valence-electron chi connectivity index (χ0n) is 10.5. The van der Waals surface area contributed by atoms with E-state index in [-0.39, 0.29) is 5.92 Å². The van der Waals surface area contributed by atoms with Gasteiger partial charge in [-0.15, -0.1) is 0 Å². The van der Waals surface area contributed by atoms with Crippen molar-refractivity contribution in [1.82, 2.24) is 19.3 Å². The van der Waals surface area contributed by atoms with Gasteiger partial charge < -0.3 is 10.0 Å². The first kappa shape index (κ1) is 13.6. The van der Waals surface area contributed by atoms with E-state index < -0.39 is 6.09 Å². The first-order valence-electron chi connectivity index (χ1n) is 6.23. The highest BCUT2D eigenvalue weighted by atomic mass is 79.9. The van der Waals surface area contributed by atoms with Crippen molar-refractivity contribution in [3.8, 4) is 0 Å². The molecule has 1 aliphatic rings. The Bertz CT molecular complexity index is 675. The van der Waals surface area contributed by atoms with Gasteiger partial charge in [-0.1, -0.05) is 11.6 Å². The fourth-order valence-electron chi connectivity index (χ4n) is 2.63. The molecule has 20 heavy (non-hydrogen) atoms. The van der Waals surface area contributed by atoms with Crippen LogP contribution >= 0.6 is 27.5 Å². The van der Waals surface area contributed by atoms with Gasteiger partial charge in [-0.05, 0) is 28.8 Å². The molecule has 1 amide bonds. The molecule has 0 radical (unpaired) electrons. The van der Waals surface area contributed by atoms with Crippen LogP contribution in [0.3, 0.4) is 0 Å². The van der Waals surface area contributed by atoms with Crippen LogP contribution in [0.4, 0.5) is 4.79 Å². The van der Waals surface area contributed by atoms with Crippen LogP contribution < -0.4 is 0 Å². The quantitative estimate of drug-likeness (QED) is 0.849. The van der Waals surface area contributed by atoms with E-state index in [2.05, 4.69) is 25.9 Å². The molecule has 2 aromatic rings. The molecule has 3 heterocycles. The van der Waals surface area contributed by atoms with Crippen molar-refractivity contribution in [3.63, 3.8) is 0 Å². The summed E-state index contributed by atoms with van der Waals surface area (Å²) in [5.74, 6) is 0.888. The summed E-state index contributed by atoms with van der Waals surface area (Å²) in [5, 5.41) is 9.50. The number of carbonyl (C=O) groups is 1. The van der Waals surface area contributed by atoms with Gasteiger partial charge in [-0.3, -0.25) is 4.40 Å². The van der Waals surface area contributed by atoms with Gasteiger partial charge in [0, 0.05) is 31.4 Å². The Kier molecular flexibility index (Phi) is 3.55. The zero-order valence-corrected chi connectivity index (χ0v) is 12.8. The average Bonchev–Trinajstić information content (AvgIpc) is 2.78. The molecule has 1 saturated heterocycles. The summed E-state index contributed by atoms with van der Waals surface area (Å²) in [6.07, 6.45) is 4.28. The van der Waals surface area contributed by atoms with Gasteiger partial charge >= 0.3 is 6.09 Å². The second kappa shape index (κ2) is 5.21. The lowest BCUT2D eigenvalue weighted by molar-refractivity contribution is 0.129. The first-order valence-corrected chi connectivity index (χ1v) is 7.41. The number of hydrogen-bond donors (Lipinski definition) is 1. The molecule has 1 N–H and O–H groups in total. The summed E-state index contributed by atoms with van der Waals surface area (Å²) in [7, 11) is 0. The van der Waals surface area contributed by atoms with Crippen LogP contribution in [0.25, 0.3) is 5.52 Å². The highest BCUT2D eigenvalue weighted by Gasteiger charge is 2.28. The lowest BCUT2D eigenvalue weighted by Crippen LogP contribution is -2.38. The van der Waals surface area contributed by atoms with Crippen molar-refractivity contribution in [2.45, 2.75) is 18.8 Å². The van der Waals surface area contributed by atoms with Crippen molar-refractivity contribution in [1.29, 1.82) is 0 Å². The van der Waals surface area contributed by atoms with Crippen LogP contribution in [-0.2, 0) is 0 Å². The molecule has 1 aliphatic heterocycles. The summed E-state index contributed by atoms with van der Waals surface area (Å²) < 4.78 is 2.52. The number of halogens is 2. The Morgan fingerprint density at radius 2 is 2.35 bits per heavy atom. The molecule has 3 rings (SSSR count). The Balaban J connectivity index is 2.02. The molecule has 1 atom stereocenters. The molecule has 0 aliphatic carbocycles. The number of imidazole rings is 1. The lowest BCUT2D eigenvalue weighted by Gasteiger charge is -2.29. The summed E-state index contributed by atoms with van der Waals surface area (Å²) in [4.78, 5) is 21.1. The second-order valence-electron chi connectivity index (χ2n) is 4.77. The zero-order chi connectivity index (χ0) is 14.3. The monoisotopic (exact) mass is 358 g/mol. The molecule has 0 aromatic carbocycles. The molecule has 2 aromatic heterocycles. The Hall–Kier alpha value is -1.34. The molecule has 8 heteroatoms. The van der Waals surface area contributed by atoms with Crippen LogP contribution in [0.15, 0.2) is 17.0 Å². The number of hydrogen-bond acceptors (Lipinski definition) is 3. The van der Waals surface area contributed by atoms with Gasteiger partial charge in [0.25, 0.3) is 0 Å². The number of piperidine rings is 1. The third-order valence-electron chi connectivity index (χ3n) is 3.55. The summed E-state index contributed by atoms with van der Waals surface area (Å²) in [6, 6.07) is 0. The van der Waals surface area contributed by atoms with Gasteiger partial charge in [0.15, 0.2) is 5.15 Å². The molecule has 1 fully saturated rings. The highest BCUT2D eigenvalue weighted by molar-refractivity contribution is 9.10. The number of amides is 1. The Morgan fingerprint density at radius 3 is 3.10 bits per heavy atom. The predicted octanol–water partition coefficient (Wildman–Crippen LogP) is 3.00. The van der Waals surface area contributed by atoms with E-state index >= 15 is 0 Å². The van der Waals surface area contributed by atoms with Gasteiger partial charge in [-0.25, -0.2) is 14.8 Å². The Morgan fingerprint density at radius 1 is 1.55 bits per heavy atom. The van der Waals surface area contributed by atoms with E-state index in [1.54, 1.807) is 12.4 Å². The number of likely N-dealkylation sites (tertiary alicyclic amines) is 1. The fourth-order valence-corrected chi connectivity index (χ4v) is 3.54. The van der Waals surface area contributed by atoms with Crippen molar-refractivity contribution in [2.75, 3.05) is 13.1 Å². The predicted molar refractivity (Wildman–Crippen MR) is 77.3 cm³/mol.